The van der Waals surface area contributed by atoms with Crippen molar-refractivity contribution in [2.45, 2.75) is 24.9 Å². The first kappa shape index (κ1) is 16.4. The molecular formula is C9H18Cl2O5. The van der Waals surface area contributed by atoms with Gasteiger partial charge in [-0.3, -0.25) is 0 Å². The van der Waals surface area contributed by atoms with Crippen molar-refractivity contribution in [2.24, 2.45) is 0 Å². The van der Waals surface area contributed by atoms with Gasteiger partial charge in [0.25, 0.3) is 0 Å². The number of hydrogen-bond acceptors (Lipinski definition) is 5. The summed E-state index contributed by atoms with van der Waals surface area (Å²) in [5.41, 5.74) is 0. The number of aliphatic hydroxyl groups is 3. The van der Waals surface area contributed by atoms with E-state index in [0.29, 0.717) is 6.42 Å². The van der Waals surface area contributed by atoms with Crippen molar-refractivity contribution in [3.8, 4) is 0 Å². The van der Waals surface area contributed by atoms with Crippen LogP contribution in [0.1, 0.15) is 6.42 Å². The second kappa shape index (κ2) is 10.5. The zero-order valence-corrected chi connectivity index (χ0v) is 10.4. The lowest BCUT2D eigenvalue weighted by Gasteiger charge is -2.14. The summed E-state index contributed by atoms with van der Waals surface area (Å²) in [6, 6.07) is 0. The van der Waals surface area contributed by atoms with Crippen LogP contribution in [0.15, 0.2) is 0 Å². The first-order valence-corrected chi connectivity index (χ1v) is 6.02. The van der Waals surface area contributed by atoms with E-state index in [4.69, 9.17) is 42.9 Å². The third-order valence-electron chi connectivity index (χ3n) is 1.69. The van der Waals surface area contributed by atoms with Crippen LogP contribution in [0.25, 0.3) is 0 Å². The molecule has 16 heavy (non-hydrogen) atoms. The molecule has 0 aromatic heterocycles. The van der Waals surface area contributed by atoms with Crippen LogP contribution in [0.3, 0.4) is 0 Å². The molecule has 98 valence electrons. The zero-order valence-electron chi connectivity index (χ0n) is 8.89. The zero-order chi connectivity index (χ0) is 12.4. The highest BCUT2D eigenvalue weighted by Gasteiger charge is 2.08. The molecule has 3 atom stereocenters. The first-order chi connectivity index (χ1) is 7.60. The van der Waals surface area contributed by atoms with Gasteiger partial charge >= 0.3 is 0 Å². The van der Waals surface area contributed by atoms with E-state index in [1.807, 2.05) is 0 Å². The van der Waals surface area contributed by atoms with Crippen molar-refractivity contribution in [3.05, 3.63) is 0 Å². The van der Waals surface area contributed by atoms with E-state index in [9.17, 15) is 5.11 Å². The smallest absolute Gasteiger partial charge is 0.168 e. The standard InChI is InChI=1S/C9H18Cl2O5/c10-3-8(13)6-15-5-7(12)1-2-16-9(14)4-11/h7-9,12-14H,1-6H2. The van der Waals surface area contributed by atoms with Gasteiger partial charge in [0.1, 0.15) is 0 Å². The van der Waals surface area contributed by atoms with Gasteiger partial charge in [-0.25, -0.2) is 0 Å². The molecule has 0 aliphatic heterocycles. The lowest BCUT2D eigenvalue weighted by atomic mass is 10.3. The first-order valence-electron chi connectivity index (χ1n) is 4.95. The van der Waals surface area contributed by atoms with Crippen molar-refractivity contribution in [1.82, 2.24) is 0 Å². The summed E-state index contributed by atoms with van der Waals surface area (Å²) in [7, 11) is 0. The Balaban J connectivity index is 3.34. The second-order valence-corrected chi connectivity index (χ2v) is 3.89. The van der Waals surface area contributed by atoms with Gasteiger partial charge in [-0.15, -0.1) is 23.2 Å². The van der Waals surface area contributed by atoms with E-state index in [-0.39, 0.29) is 31.6 Å². The van der Waals surface area contributed by atoms with Crippen LogP contribution in [0.4, 0.5) is 0 Å². The number of halogens is 2. The van der Waals surface area contributed by atoms with Gasteiger partial charge in [-0.1, -0.05) is 0 Å². The largest absolute Gasteiger partial charge is 0.391 e. The van der Waals surface area contributed by atoms with Gasteiger partial charge in [0.05, 0.1) is 43.8 Å². The van der Waals surface area contributed by atoms with Gasteiger partial charge in [-0.2, -0.15) is 0 Å². The van der Waals surface area contributed by atoms with Crippen LogP contribution in [0.5, 0.6) is 0 Å². The van der Waals surface area contributed by atoms with Crippen LogP contribution in [0.2, 0.25) is 0 Å². The van der Waals surface area contributed by atoms with Crippen molar-refractivity contribution in [2.75, 3.05) is 31.6 Å². The fourth-order valence-electron chi connectivity index (χ4n) is 0.853. The maximum atomic E-state index is 9.39. The summed E-state index contributed by atoms with van der Waals surface area (Å²) in [6.45, 7) is 0.372. The summed E-state index contributed by atoms with van der Waals surface area (Å²) in [5.74, 6) is 0.0929. The Hall–Kier alpha value is 0.380. The maximum Gasteiger partial charge on any atom is 0.168 e. The van der Waals surface area contributed by atoms with E-state index in [2.05, 4.69) is 0 Å². The summed E-state index contributed by atoms with van der Waals surface area (Å²) in [6.07, 6.45) is -2.11. The summed E-state index contributed by atoms with van der Waals surface area (Å²) in [4.78, 5) is 0. The van der Waals surface area contributed by atoms with Crippen LogP contribution in [0, 0.1) is 0 Å². The number of aliphatic hydroxyl groups excluding tert-OH is 3. The molecule has 0 rings (SSSR count). The highest BCUT2D eigenvalue weighted by Crippen LogP contribution is 1.98. The summed E-state index contributed by atoms with van der Waals surface area (Å²) < 4.78 is 9.85. The van der Waals surface area contributed by atoms with Gasteiger partial charge in [0.15, 0.2) is 6.29 Å². The minimum absolute atomic E-state index is 0.00545. The molecule has 0 amide bonds. The molecule has 0 saturated heterocycles. The van der Waals surface area contributed by atoms with E-state index in [1.54, 1.807) is 0 Å². The number of ether oxygens (including phenoxy) is 2. The number of hydrogen-bond donors (Lipinski definition) is 3. The molecular weight excluding hydrogens is 259 g/mol. The minimum Gasteiger partial charge on any atom is -0.391 e. The lowest BCUT2D eigenvalue weighted by Crippen LogP contribution is -2.24. The van der Waals surface area contributed by atoms with Gasteiger partial charge in [0.2, 0.25) is 0 Å². The Morgan fingerprint density at radius 2 is 1.56 bits per heavy atom. The van der Waals surface area contributed by atoms with Crippen LogP contribution in [-0.4, -0.2) is 65.4 Å². The average molecular weight is 277 g/mol. The normalized spacial score (nSPS) is 17.1. The van der Waals surface area contributed by atoms with Crippen molar-refractivity contribution in [3.63, 3.8) is 0 Å². The topological polar surface area (TPSA) is 79.2 Å². The Kier molecular flexibility index (Phi) is 10.8. The molecule has 3 unspecified atom stereocenters. The molecule has 0 aliphatic rings. The maximum absolute atomic E-state index is 9.39. The molecule has 0 aliphatic carbocycles. The molecule has 0 aromatic carbocycles. The molecule has 0 fully saturated rings. The average Bonchev–Trinajstić information content (AvgIpc) is 2.28. The predicted molar refractivity (Wildman–Crippen MR) is 60.8 cm³/mol. The molecule has 0 heterocycles. The Morgan fingerprint density at radius 3 is 2.12 bits per heavy atom. The molecule has 3 N–H and O–H groups in total. The Morgan fingerprint density at radius 1 is 0.938 bits per heavy atom. The molecule has 0 aromatic rings. The molecule has 0 saturated carbocycles. The van der Waals surface area contributed by atoms with Crippen LogP contribution in [-0.2, 0) is 9.47 Å². The number of rotatable bonds is 10. The van der Waals surface area contributed by atoms with Gasteiger partial charge in [-0.05, 0) is 6.42 Å². The Labute approximate surface area is 105 Å². The monoisotopic (exact) mass is 276 g/mol. The fraction of sp³-hybridized carbons (Fsp3) is 1.00. The third kappa shape index (κ3) is 9.59. The van der Waals surface area contributed by atoms with E-state index < -0.39 is 18.5 Å². The van der Waals surface area contributed by atoms with Crippen LogP contribution < -0.4 is 0 Å². The fourth-order valence-corrected chi connectivity index (χ4v) is 1.03. The lowest BCUT2D eigenvalue weighted by molar-refractivity contribution is -0.0937. The van der Waals surface area contributed by atoms with Crippen LogP contribution >= 0.6 is 23.2 Å². The highest BCUT2D eigenvalue weighted by atomic mass is 35.5. The predicted octanol–water partition coefficient (Wildman–Crippen LogP) is -0.0725. The van der Waals surface area contributed by atoms with Crippen molar-refractivity contribution >= 4 is 23.2 Å². The number of alkyl halides is 2. The van der Waals surface area contributed by atoms with E-state index in [0.717, 1.165) is 0 Å². The third-order valence-corrected chi connectivity index (χ3v) is 2.31. The minimum atomic E-state index is -1.01. The van der Waals surface area contributed by atoms with E-state index in [1.165, 1.54) is 0 Å². The highest BCUT2D eigenvalue weighted by molar-refractivity contribution is 6.18. The van der Waals surface area contributed by atoms with Gasteiger partial charge < -0.3 is 24.8 Å². The SMILES string of the molecule is OC(CCl)COCC(O)CCOC(O)CCl. The van der Waals surface area contributed by atoms with Crippen molar-refractivity contribution < 1.29 is 24.8 Å². The molecule has 5 nitrogen and oxygen atoms in total. The Bertz CT molecular complexity index is 145. The summed E-state index contributed by atoms with van der Waals surface area (Å²) >= 11 is 10.6. The molecule has 7 heteroatoms. The molecule has 0 bridgehead atoms. The van der Waals surface area contributed by atoms with Gasteiger partial charge in [0, 0.05) is 0 Å². The van der Waals surface area contributed by atoms with Crippen molar-refractivity contribution in [1.29, 1.82) is 0 Å². The molecule has 0 spiro atoms. The summed E-state index contributed by atoms with van der Waals surface area (Å²) in [5, 5.41) is 27.4. The quantitative estimate of drug-likeness (QED) is 0.385. The second-order valence-electron chi connectivity index (χ2n) is 3.27. The molecule has 0 radical (unpaired) electrons. The van der Waals surface area contributed by atoms with E-state index >= 15 is 0 Å².